The number of para-hydroxylation sites is 2. The number of methoxy groups -OCH3 is 1. The van der Waals surface area contributed by atoms with Crippen LogP contribution < -0.4 is 10.3 Å². The second-order valence-electron chi connectivity index (χ2n) is 7.82. The van der Waals surface area contributed by atoms with Crippen LogP contribution in [0.4, 0.5) is 0 Å². The number of nitrogens with zero attached hydrogens (tertiary/aromatic N) is 4. The molecular formula is C26H22N4O3. The Balaban J connectivity index is 1.52. The van der Waals surface area contributed by atoms with Crippen LogP contribution in [0.5, 0.6) is 5.75 Å². The van der Waals surface area contributed by atoms with E-state index in [1.54, 1.807) is 13.2 Å². The van der Waals surface area contributed by atoms with E-state index in [9.17, 15) is 9.59 Å². The molecule has 0 saturated carbocycles. The highest BCUT2D eigenvalue weighted by Crippen LogP contribution is 2.33. The summed E-state index contributed by atoms with van der Waals surface area (Å²) in [6, 6.07) is 24.5. The van der Waals surface area contributed by atoms with Gasteiger partial charge in [-0.1, -0.05) is 54.6 Å². The number of amides is 1. The zero-order valence-electron chi connectivity index (χ0n) is 18.1. The Labute approximate surface area is 190 Å². The van der Waals surface area contributed by atoms with Gasteiger partial charge in [0.2, 0.25) is 0 Å². The third-order valence-corrected chi connectivity index (χ3v) is 5.82. The van der Waals surface area contributed by atoms with Gasteiger partial charge in [-0.05, 0) is 35.4 Å². The molecule has 164 valence electrons. The molecule has 0 bridgehead atoms. The summed E-state index contributed by atoms with van der Waals surface area (Å²) in [6.45, 7) is -0.125. The minimum atomic E-state index is -0.325. The number of rotatable bonds is 5. The fourth-order valence-corrected chi connectivity index (χ4v) is 4.12. The van der Waals surface area contributed by atoms with Gasteiger partial charge in [-0.2, -0.15) is 5.10 Å². The number of hydrazone groups is 1. The van der Waals surface area contributed by atoms with Crippen LogP contribution >= 0.6 is 0 Å². The van der Waals surface area contributed by atoms with Crippen LogP contribution in [-0.2, 0) is 11.3 Å². The van der Waals surface area contributed by atoms with Crippen LogP contribution in [0.3, 0.4) is 0 Å². The summed E-state index contributed by atoms with van der Waals surface area (Å²) in [7, 11) is 1.62. The maximum absolute atomic E-state index is 13.5. The van der Waals surface area contributed by atoms with Gasteiger partial charge in [0, 0.05) is 6.42 Å². The van der Waals surface area contributed by atoms with Gasteiger partial charge < -0.3 is 4.74 Å². The second-order valence-corrected chi connectivity index (χ2v) is 7.82. The maximum atomic E-state index is 13.5. The molecule has 0 radical (unpaired) electrons. The first-order chi connectivity index (χ1) is 16.1. The normalized spacial score (nSPS) is 15.5. The molecule has 0 aliphatic carbocycles. The zero-order chi connectivity index (χ0) is 22.8. The van der Waals surface area contributed by atoms with E-state index in [0.29, 0.717) is 17.5 Å². The van der Waals surface area contributed by atoms with Crippen LogP contribution in [0.2, 0.25) is 0 Å². The van der Waals surface area contributed by atoms with Crippen molar-refractivity contribution in [2.75, 3.05) is 7.11 Å². The Bertz CT molecular complexity index is 1390. The zero-order valence-corrected chi connectivity index (χ0v) is 18.1. The van der Waals surface area contributed by atoms with Crippen molar-refractivity contribution in [2.24, 2.45) is 5.10 Å². The minimum Gasteiger partial charge on any atom is -0.497 e. The summed E-state index contributed by atoms with van der Waals surface area (Å²) in [4.78, 5) is 30.3. The molecule has 1 atom stereocenters. The molecule has 4 aromatic rings. The van der Waals surface area contributed by atoms with Crippen molar-refractivity contribution in [2.45, 2.75) is 19.0 Å². The van der Waals surface area contributed by atoms with Crippen LogP contribution in [0.25, 0.3) is 11.0 Å². The number of carbonyl (C=O) groups is 1. The molecule has 1 amide bonds. The van der Waals surface area contributed by atoms with Gasteiger partial charge >= 0.3 is 0 Å². The predicted octanol–water partition coefficient (Wildman–Crippen LogP) is 3.78. The van der Waals surface area contributed by atoms with E-state index in [0.717, 1.165) is 22.6 Å². The van der Waals surface area contributed by atoms with Gasteiger partial charge in [0.1, 0.15) is 12.3 Å². The van der Waals surface area contributed by atoms with Crippen LogP contribution in [-0.4, -0.2) is 33.3 Å². The molecule has 1 aromatic heterocycles. The molecule has 7 nitrogen and oxygen atoms in total. The molecule has 5 rings (SSSR count). The smallest absolute Gasteiger partial charge is 0.269 e. The standard InChI is InChI=1S/C26H22N4O3/c1-33-20-13-11-19(12-14-20)24-15-22(18-7-3-2-4-8-18)28-30(24)26(32)17-29-23-10-6-5-9-21(23)27-16-25(29)31/h2-14,16,24H,15,17H2,1H3/t24-/m0/s1. The average Bonchev–Trinajstić information content (AvgIpc) is 3.32. The van der Waals surface area contributed by atoms with Gasteiger partial charge in [-0.15, -0.1) is 0 Å². The Morgan fingerprint density at radius 2 is 1.73 bits per heavy atom. The number of aromatic nitrogens is 2. The number of carbonyl (C=O) groups excluding carboxylic acids is 1. The summed E-state index contributed by atoms with van der Waals surface area (Å²) in [5.41, 5.74) is 3.70. The lowest BCUT2D eigenvalue weighted by atomic mass is 9.98. The SMILES string of the molecule is COc1ccc([C@@H]2CC(c3ccccc3)=NN2C(=O)Cn2c(=O)cnc3ccccc32)cc1. The highest BCUT2D eigenvalue weighted by atomic mass is 16.5. The van der Waals surface area contributed by atoms with E-state index in [1.165, 1.54) is 15.8 Å². The number of hydrogen-bond acceptors (Lipinski definition) is 5. The van der Waals surface area contributed by atoms with Gasteiger partial charge in [-0.25, -0.2) is 9.99 Å². The van der Waals surface area contributed by atoms with Crippen molar-refractivity contribution >= 4 is 22.7 Å². The molecule has 7 heteroatoms. The number of benzene rings is 3. The van der Waals surface area contributed by atoms with E-state index in [2.05, 4.69) is 4.98 Å². The van der Waals surface area contributed by atoms with Gasteiger partial charge in [-0.3, -0.25) is 14.2 Å². The van der Waals surface area contributed by atoms with Gasteiger partial charge in [0.25, 0.3) is 11.5 Å². The highest BCUT2D eigenvalue weighted by molar-refractivity contribution is 6.03. The largest absolute Gasteiger partial charge is 0.497 e. The number of hydrogen-bond donors (Lipinski definition) is 0. The lowest BCUT2D eigenvalue weighted by molar-refractivity contribution is -0.133. The fourth-order valence-electron chi connectivity index (χ4n) is 4.12. The second kappa shape index (κ2) is 8.70. The summed E-state index contributed by atoms with van der Waals surface area (Å²) in [6.07, 6.45) is 1.83. The molecule has 1 aliphatic rings. The Kier molecular flexibility index (Phi) is 5.44. The molecule has 0 unspecified atom stereocenters. The maximum Gasteiger partial charge on any atom is 0.269 e. The molecule has 3 aromatic carbocycles. The summed E-state index contributed by atoms with van der Waals surface area (Å²) < 4.78 is 6.73. The Morgan fingerprint density at radius 3 is 2.48 bits per heavy atom. The molecule has 0 saturated heterocycles. The molecule has 1 aliphatic heterocycles. The van der Waals surface area contributed by atoms with E-state index >= 15 is 0 Å². The van der Waals surface area contributed by atoms with Gasteiger partial charge in [0.05, 0.1) is 36.1 Å². The molecule has 0 N–H and O–H groups in total. The highest BCUT2D eigenvalue weighted by Gasteiger charge is 2.33. The monoisotopic (exact) mass is 438 g/mol. The quantitative estimate of drug-likeness (QED) is 0.475. The lowest BCUT2D eigenvalue weighted by Gasteiger charge is -2.23. The lowest BCUT2D eigenvalue weighted by Crippen LogP contribution is -2.34. The predicted molar refractivity (Wildman–Crippen MR) is 126 cm³/mol. The molecule has 0 fully saturated rings. The first kappa shape index (κ1) is 20.6. The van der Waals surface area contributed by atoms with Crippen molar-refractivity contribution in [3.05, 3.63) is 107 Å². The average molecular weight is 438 g/mol. The van der Waals surface area contributed by atoms with E-state index in [4.69, 9.17) is 9.84 Å². The third kappa shape index (κ3) is 4.01. The van der Waals surface area contributed by atoms with Crippen molar-refractivity contribution < 1.29 is 9.53 Å². The summed E-state index contributed by atoms with van der Waals surface area (Å²) in [5, 5.41) is 6.21. The van der Waals surface area contributed by atoms with Crippen LogP contribution in [0, 0.1) is 0 Å². The van der Waals surface area contributed by atoms with E-state index in [-0.39, 0.29) is 24.1 Å². The Morgan fingerprint density at radius 1 is 1.00 bits per heavy atom. The fraction of sp³-hybridized carbons (Fsp3) is 0.154. The third-order valence-electron chi connectivity index (χ3n) is 5.82. The molecule has 2 heterocycles. The molecule has 33 heavy (non-hydrogen) atoms. The van der Waals surface area contributed by atoms with Crippen LogP contribution in [0.15, 0.2) is 95.0 Å². The number of ether oxygens (including phenoxy) is 1. The molecule has 0 spiro atoms. The first-order valence-corrected chi connectivity index (χ1v) is 10.7. The van der Waals surface area contributed by atoms with E-state index < -0.39 is 0 Å². The minimum absolute atomic E-state index is 0.125. The summed E-state index contributed by atoms with van der Waals surface area (Å²) in [5.74, 6) is 0.480. The van der Waals surface area contributed by atoms with Crippen molar-refractivity contribution in [1.82, 2.24) is 14.6 Å². The summed E-state index contributed by atoms with van der Waals surface area (Å²) >= 11 is 0. The first-order valence-electron chi connectivity index (χ1n) is 10.7. The number of fused-ring (bicyclic) bond motifs is 1. The molecular weight excluding hydrogens is 416 g/mol. The van der Waals surface area contributed by atoms with E-state index in [1.807, 2.05) is 72.8 Å². The topological polar surface area (TPSA) is 76.8 Å². The van der Waals surface area contributed by atoms with Gasteiger partial charge in [0.15, 0.2) is 0 Å². The van der Waals surface area contributed by atoms with Crippen molar-refractivity contribution in [3.8, 4) is 5.75 Å². The Hall–Kier alpha value is -4.26. The van der Waals surface area contributed by atoms with Crippen LogP contribution in [0.1, 0.15) is 23.6 Å². The van der Waals surface area contributed by atoms with Crippen molar-refractivity contribution in [3.63, 3.8) is 0 Å². The van der Waals surface area contributed by atoms with Crippen molar-refractivity contribution in [1.29, 1.82) is 0 Å².